The number of nitriles is 1. The highest BCUT2D eigenvalue weighted by molar-refractivity contribution is 5.58. The summed E-state index contributed by atoms with van der Waals surface area (Å²) in [5, 5.41) is 8.80. The largest absolute Gasteiger partial charge is 0.398 e. The minimum absolute atomic E-state index is 0.803. The fourth-order valence-electron chi connectivity index (χ4n) is 1.84. The Labute approximate surface area is 71.6 Å². The smallest absolute Gasteiger partial charge is 0.0994 e. The molecule has 2 nitrogen and oxygen atoms in total. The molecule has 1 aromatic rings. The monoisotopic (exact) mass is 158 g/mol. The predicted octanol–water partition coefficient (Wildman–Crippen LogP) is 1.63. The normalized spacial score (nSPS) is 13.9. The molecule has 2 heteroatoms. The van der Waals surface area contributed by atoms with Crippen molar-refractivity contribution >= 4 is 5.69 Å². The minimum Gasteiger partial charge on any atom is -0.398 e. The molecular weight excluding hydrogens is 148 g/mol. The predicted molar refractivity (Wildman–Crippen MR) is 47.6 cm³/mol. The van der Waals surface area contributed by atoms with Crippen molar-refractivity contribution in [2.45, 2.75) is 19.3 Å². The third-order valence-corrected chi connectivity index (χ3v) is 2.44. The van der Waals surface area contributed by atoms with E-state index in [4.69, 9.17) is 11.0 Å². The molecule has 1 aliphatic carbocycles. The molecule has 0 unspecified atom stereocenters. The number of hydrogen-bond acceptors (Lipinski definition) is 2. The second-order valence-electron chi connectivity index (χ2n) is 3.12. The van der Waals surface area contributed by atoms with E-state index in [1.54, 1.807) is 0 Å². The van der Waals surface area contributed by atoms with Gasteiger partial charge in [0, 0.05) is 5.69 Å². The molecular formula is C10H10N2. The van der Waals surface area contributed by atoms with Crippen molar-refractivity contribution in [3.05, 3.63) is 28.8 Å². The van der Waals surface area contributed by atoms with Crippen LogP contribution in [0.4, 0.5) is 5.69 Å². The van der Waals surface area contributed by atoms with Crippen molar-refractivity contribution in [1.29, 1.82) is 5.26 Å². The van der Waals surface area contributed by atoms with Crippen molar-refractivity contribution in [2.75, 3.05) is 5.73 Å². The van der Waals surface area contributed by atoms with Gasteiger partial charge in [-0.3, -0.25) is 0 Å². The maximum atomic E-state index is 8.80. The van der Waals surface area contributed by atoms with Crippen molar-refractivity contribution in [1.82, 2.24) is 0 Å². The molecule has 1 aliphatic rings. The van der Waals surface area contributed by atoms with E-state index in [2.05, 4.69) is 6.07 Å². The maximum Gasteiger partial charge on any atom is 0.0994 e. The Balaban J connectivity index is 2.66. The lowest BCUT2D eigenvalue weighted by Gasteiger charge is -2.04. The Kier molecular flexibility index (Phi) is 1.51. The fourth-order valence-corrected chi connectivity index (χ4v) is 1.84. The summed E-state index contributed by atoms with van der Waals surface area (Å²) in [5.41, 5.74) is 9.82. The maximum absolute atomic E-state index is 8.80. The summed E-state index contributed by atoms with van der Waals surface area (Å²) in [6.45, 7) is 0. The molecule has 0 bridgehead atoms. The first-order valence-corrected chi connectivity index (χ1v) is 4.13. The molecule has 0 amide bonds. The lowest BCUT2D eigenvalue weighted by Crippen LogP contribution is -1.95. The molecule has 0 saturated carbocycles. The second kappa shape index (κ2) is 2.53. The van der Waals surface area contributed by atoms with E-state index in [1.807, 2.05) is 12.1 Å². The molecule has 0 spiro atoms. The van der Waals surface area contributed by atoms with Gasteiger partial charge >= 0.3 is 0 Å². The van der Waals surface area contributed by atoms with E-state index in [-0.39, 0.29) is 0 Å². The zero-order chi connectivity index (χ0) is 8.55. The van der Waals surface area contributed by atoms with E-state index in [0.29, 0.717) is 0 Å². The van der Waals surface area contributed by atoms with E-state index in [9.17, 15) is 0 Å². The lowest BCUT2D eigenvalue weighted by molar-refractivity contribution is 0.911. The van der Waals surface area contributed by atoms with Crippen molar-refractivity contribution < 1.29 is 0 Å². The summed E-state index contributed by atoms with van der Waals surface area (Å²) in [6.07, 6.45) is 3.19. The first-order valence-electron chi connectivity index (χ1n) is 4.13. The first kappa shape index (κ1) is 7.17. The zero-order valence-electron chi connectivity index (χ0n) is 6.80. The summed E-state index contributed by atoms with van der Waals surface area (Å²) < 4.78 is 0. The summed E-state index contributed by atoms with van der Waals surface area (Å²) in [6, 6.07) is 5.85. The highest BCUT2D eigenvalue weighted by Gasteiger charge is 2.16. The van der Waals surface area contributed by atoms with Crippen LogP contribution in [-0.2, 0) is 12.8 Å². The van der Waals surface area contributed by atoms with Crippen LogP contribution in [-0.4, -0.2) is 0 Å². The number of nitrogens with zero attached hydrogens (tertiary/aromatic N) is 1. The number of nitrogen functional groups attached to an aromatic ring is 1. The molecule has 2 rings (SSSR count). The van der Waals surface area contributed by atoms with Crippen LogP contribution < -0.4 is 5.73 Å². The summed E-state index contributed by atoms with van der Waals surface area (Å²) >= 11 is 0. The summed E-state index contributed by atoms with van der Waals surface area (Å²) in [4.78, 5) is 0. The van der Waals surface area contributed by atoms with Crippen molar-refractivity contribution in [3.63, 3.8) is 0 Å². The molecule has 2 N–H and O–H groups in total. The number of fused-ring (bicyclic) bond motifs is 1. The molecule has 0 aliphatic heterocycles. The SMILES string of the molecule is N#Cc1ccc(N)c2c1CCC2. The molecule has 0 saturated heterocycles. The molecule has 0 heterocycles. The van der Waals surface area contributed by atoms with Gasteiger partial charge in [0.2, 0.25) is 0 Å². The highest BCUT2D eigenvalue weighted by Crippen LogP contribution is 2.29. The molecule has 0 atom stereocenters. The second-order valence-corrected chi connectivity index (χ2v) is 3.12. The summed E-state index contributed by atoms with van der Waals surface area (Å²) in [5.74, 6) is 0. The topological polar surface area (TPSA) is 49.8 Å². The van der Waals surface area contributed by atoms with Gasteiger partial charge in [-0.2, -0.15) is 5.26 Å². The van der Waals surface area contributed by atoms with E-state index in [0.717, 1.165) is 30.5 Å². The van der Waals surface area contributed by atoms with Crippen LogP contribution in [0.2, 0.25) is 0 Å². The van der Waals surface area contributed by atoms with Crippen LogP contribution in [0.15, 0.2) is 12.1 Å². The Hall–Kier alpha value is -1.49. The Morgan fingerprint density at radius 2 is 2.00 bits per heavy atom. The minimum atomic E-state index is 0.803. The zero-order valence-corrected chi connectivity index (χ0v) is 6.80. The van der Waals surface area contributed by atoms with Gasteiger partial charge in [0.25, 0.3) is 0 Å². The van der Waals surface area contributed by atoms with E-state index >= 15 is 0 Å². The van der Waals surface area contributed by atoms with Gasteiger partial charge in [0.1, 0.15) is 0 Å². The number of benzene rings is 1. The Bertz CT molecular complexity index is 361. The van der Waals surface area contributed by atoms with E-state index in [1.165, 1.54) is 11.1 Å². The highest BCUT2D eigenvalue weighted by atomic mass is 14.6. The van der Waals surface area contributed by atoms with Crippen LogP contribution in [0, 0.1) is 11.3 Å². The van der Waals surface area contributed by atoms with Gasteiger partial charge in [-0.05, 0) is 42.5 Å². The lowest BCUT2D eigenvalue weighted by atomic mass is 10.0. The molecule has 0 aromatic heterocycles. The van der Waals surface area contributed by atoms with Gasteiger partial charge in [0.05, 0.1) is 11.6 Å². The van der Waals surface area contributed by atoms with Gasteiger partial charge in [0.15, 0.2) is 0 Å². The Morgan fingerprint density at radius 1 is 1.25 bits per heavy atom. The number of hydrogen-bond donors (Lipinski definition) is 1. The molecule has 12 heavy (non-hydrogen) atoms. The molecule has 1 aromatic carbocycles. The average molecular weight is 158 g/mol. The first-order chi connectivity index (χ1) is 5.83. The van der Waals surface area contributed by atoms with Gasteiger partial charge in [-0.25, -0.2) is 0 Å². The Morgan fingerprint density at radius 3 is 2.75 bits per heavy atom. The third-order valence-electron chi connectivity index (χ3n) is 2.44. The van der Waals surface area contributed by atoms with Crippen LogP contribution >= 0.6 is 0 Å². The van der Waals surface area contributed by atoms with Gasteiger partial charge < -0.3 is 5.73 Å². The van der Waals surface area contributed by atoms with Crippen LogP contribution in [0.1, 0.15) is 23.1 Å². The standard InChI is InChI=1S/C10H10N2/c11-6-7-4-5-10(12)9-3-1-2-8(7)9/h4-5H,1-3,12H2. The molecule has 0 fully saturated rings. The fraction of sp³-hybridized carbons (Fsp3) is 0.300. The number of rotatable bonds is 0. The molecule has 0 radical (unpaired) electrons. The van der Waals surface area contributed by atoms with E-state index < -0.39 is 0 Å². The third kappa shape index (κ3) is 0.868. The average Bonchev–Trinajstić information content (AvgIpc) is 2.54. The van der Waals surface area contributed by atoms with Gasteiger partial charge in [-0.1, -0.05) is 0 Å². The molecule has 60 valence electrons. The van der Waals surface area contributed by atoms with Crippen LogP contribution in [0.25, 0.3) is 0 Å². The summed E-state index contributed by atoms with van der Waals surface area (Å²) in [7, 11) is 0. The number of anilines is 1. The van der Waals surface area contributed by atoms with Crippen molar-refractivity contribution in [2.24, 2.45) is 0 Å². The van der Waals surface area contributed by atoms with Crippen LogP contribution in [0.3, 0.4) is 0 Å². The van der Waals surface area contributed by atoms with Crippen LogP contribution in [0.5, 0.6) is 0 Å². The van der Waals surface area contributed by atoms with Crippen molar-refractivity contribution in [3.8, 4) is 6.07 Å². The number of nitrogens with two attached hydrogens (primary N) is 1. The quantitative estimate of drug-likeness (QED) is 0.583. The van der Waals surface area contributed by atoms with Gasteiger partial charge in [-0.15, -0.1) is 0 Å².